The Morgan fingerprint density at radius 2 is 1.68 bits per heavy atom. The number of thiophene rings is 1. The lowest BCUT2D eigenvalue weighted by Gasteiger charge is -2.27. The molecule has 0 bridgehead atoms. The number of piperidine rings is 1. The number of nitrogens with two attached hydrogens (primary N) is 3. The van der Waals surface area contributed by atoms with Crippen LogP contribution in [0.5, 0.6) is 0 Å². The van der Waals surface area contributed by atoms with E-state index in [-0.39, 0.29) is 34.5 Å². The van der Waals surface area contributed by atoms with Crippen LogP contribution in [-0.4, -0.2) is 42.2 Å². The van der Waals surface area contributed by atoms with E-state index in [0.717, 1.165) is 31.4 Å². The van der Waals surface area contributed by atoms with Crippen LogP contribution in [0.15, 0.2) is 75.9 Å². The number of hydrazine groups is 1. The fourth-order valence-corrected chi connectivity index (χ4v) is 5.50. The summed E-state index contributed by atoms with van der Waals surface area (Å²) in [6, 6.07) is 12.8. The highest BCUT2D eigenvalue weighted by Gasteiger charge is 2.30. The van der Waals surface area contributed by atoms with Crippen molar-refractivity contribution >= 4 is 57.8 Å². The second kappa shape index (κ2) is 14.6. The van der Waals surface area contributed by atoms with E-state index in [2.05, 4.69) is 22.3 Å². The smallest absolute Gasteiger partial charge is 0.394 e. The van der Waals surface area contributed by atoms with Crippen LogP contribution in [0.25, 0.3) is 0 Å². The number of alkyl halides is 3. The highest BCUT2D eigenvalue weighted by Crippen LogP contribution is 2.32. The summed E-state index contributed by atoms with van der Waals surface area (Å²) in [5.41, 5.74) is 20.9. The molecule has 2 heterocycles. The Labute approximate surface area is 266 Å². The van der Waals surface area contributed by atoms with E-state index in [4.69, 9.17) is 45.4 Å². The first-order valence-corrected chi connectivity index (χ1v) is 14.9. The quantitative estimate of drug-likeness (QED) is 0.113. The lowest BCUT2D eigenvalue weighted by Crippen LogP contribution is -2.47. The van der Waals surface area contributed by atoms with Gasteiger partial charge in [0.25, 0.3) is 5.91 Å². The second-order valence-corrected chi connectivity index (χ2v) is 11.6. The number of rotatable bonds is 7. The van der Waals surface area contributed by atoms with Gasteiger partial charge in [-0.2, -0.15) is 13.2 Å². The normalized spacial score (nSPS) is 14.7. The molecule has 3 aromatic rings. The second-order valence-electron chi connectivity index (χ2n) is 9.67. The molecule has 1 saturated heterocycles. The zero-order valence-corrected chi connectivity index (χ0v) is 25.5. The molecular weight excluding hydrogens is 634 g/mol. The minimum absolute atomic E-state index is 0.143. The first-order chi connectivity index (χ1) is 20.9. The average molecular weight is 663 g/mol. The summed E-state index contributed by atoms with van der Waals surface area (Å²) in [5.74, 6) is 5.07. The van der Waals surface area contributed by atoms with Crippen molar-refractivity contribution in [3.8, 4) is 11.8 Å². The van der Waals surface area contributed by atoms with Crippen molar-refractivity contribution in [2.75, 3.05) is 19.6 Å². The van der Waals surface area contributed by atoms with Crippen molar-refractivity contribution < 1.29 is 18.0 Å². The van der Waals surface area contributed by atoms with Crippen LogP contribution < -0.4 is 22.6 Å². The standard InChI is InChI=1S/C30H28Cl2F3N7OS/c31-20-9-12-24(23(32)16-20)40-27(22(17-39-29(37)38)26(36)28(43)41-42-14-2-1-3-15-42)25-13-11-21(44-25)10-6-18-4-7-19(8-5-18)30(33,34)35/h4-5,7-9,11-13,16H,1-3,14-15,17,36H2,(H,41,43)(H4,37,38,39). The van der Waals surface area contributed by atoms with Gasteiger partial charge in [0.05, 0.1) is 38.3 Å². The van der Waals surface area contributed by atoms with Crippen molar-refractivity contribution in [1.29, 1.82) is 0 Å². The van der Waals surface area contributed by atoms with Gasteiger partial charge in [0.1, 0.15) is 5.70 Å². The number of amides is 1. The Balaban J connectivity index is 1.77. The molecule has 0 atom stereocenters. The van der Waals surface area contributed by atoms with Gasteiger partial charge < -0.3 is 17.2 Å². The molecule has 7 N–H and O–H groups in total. The molecule has 8 nitrogen and oxygen atoms in total. The molecular formula is C30H28Cl2F3N7OS. The summed E-state index contributed by atoms with van der Waals surface area (Å²) in [6.07, 6.45) is -1.47. The number of benzene rings is 2. The van der Waals surface area contributed by atoms with Gasteiger partial charge in [-0.1, -0.05) is 41.5 Å². The van der Waals surface area contributed by atoms with Gasteiger partial charge in [0, 0.05) is 29.2 Å². The maximum atomic E-state index is 13.3. The first-order valence-electron chi connectivity index (χ1n) is 13.3. The molecule has 1 aliphatic rings. The highest BCUT2D eigenvalue weighted by atomic mass is 35.5. The molecule has 0 spiro atoms. The summed E-state index contributed by atoms with van der Waals surface area (Å²) < 4.78 is 38.7. The third-order valence-corrected chi connectivity index (χ3v) is 7.96. The van der Waals surface area contributed by atoms with Crippen LogP contribution in [0, 0.1) is 11.8 Å². The Morgan fingerprint density at radius 3 is 2.32 bits per heavy atom. The molecule has 14 heteroatoms. The number of aliphatic imine (C=N–C) groups is 2. The van der Waals surface area contributed by atoms with Gasteiger partial charge in [-0.25, -0.2) is 15.0 Å². The lowest BCUT2D eigenvalue weighted by atomic mass is 10.1. The fourth-order valence-electron chi connectivity index (χ4n) is 4.18. The van der Waals surface area contributed by atoms with Crippen LogP contribution in [0.3, 0.4) is 0 Å². The van der Waals surface area contributed by atoms with E-state index in [0.29, 0.717) is 39.1 Å². The number of hydrogen-bond acceptors (Lipinski definition) is 6. The van der Waals surface area contributed by atoms with E-state index in [1.54, 1.807) is 24.3 Å². The van der Waals surface area contributed by atoms with Crippen molar-refractivity contribution in [3.63, 3.8) is 0 Å². The zero-order valence-electron chi connectivity index (χ0n) is 23.2. The Kier molecular flexibility index (Phi) is 10.9. The summed E-state index contributed by atoms with van der Waals surface area (Å²) >= 11 is 13.8. The van der Waals surface area contributed by atoms with Crippen LogP contribution in [0.2, 0.25) is 10.0 Å². The third-order valence-electron chi connectivity index (χ3n) is 6.41. The Hall–Kier alpha value is -4.02. The van der Waals surface area contributed by atoms with Crippen molar-refractivity contribution in [3.05, 3.63) is 96.8 Å². The molecule has 0 unspecified atom stereocenters. The van der Waals surface area contributed by atoms with Crippen molar-refractivity contribution in [2.45, 2.75) is 25.4 Å². The van der Waals surface area contributed by atoms with E-state index in [1.165, 1.54) is 29.5 Å². The molecule has 0 aliphatic carbocycles. The maximum absolute atomic E-state index is 13.3. The van der Waals surface area contributed by atoms with E-state index >= 15 is 0 Å². The molecule has 44 heavy (non-hydrogen) atoms. The molecule has 4 rings (SSSR count). The predicted octanol–water partition coefficient (Wildman–Crippen LogP) is 5.60. The molecule has 1 aromatic heterocycles. The van der Waals surface area contributed by atoms with Crippen molar-refractivity contribution in [1.82, 2.24) is 10.4 Å². The van der Waals surface area contributed by atoms with Gasteiger partial charge in [-0.3, -0.25) is 10.2 Å². The van der Waals surface area contributed by atoms with Gasteiger partial charge in [0.2, 0.25) is 0 Å². The molecule has 0 radical (unpaired) electrons. The van der Waals surface area contributed by atoms with E-state index in [9.17, 15) is 18.0 Å². The third kappa shape index (κ3) is 9.00. The maximum Gasteiger partial charge on any atom is 0.416 e. The van der Waals surface area contributed by atoms with Gasteiger partial charge in [-0.15, -0.1) is 11.3 Å². The number of carbonyl (C=O) groups is 1. The number of guanidine groups is 1. The summed E-state index contributed by atoms with van der Waals surface area (Å²) in [7, 11) is 0. The molecule has 1 aliphatic heterocycles. The predicted molar refractivity (Wildman–Crippen MR) is 170 cm³/mol. The number of hydrogen-bond donors (Lipinski definition) is 4. The first kappa shape index (κ1) is 32.9. The highest BCUT2D eigenvalue weighted by molar-refractivity contribution is 7.14. The fraction of sp³-hybridized carbons (Fsp3) is 0.233. The number of carbonyl (C=O) groups excluding carboxylic acids is 1. The van der Waals surface area contributed by atoms with Gasteiger partial charge >= 0.3 is 6.18 Å². The molecule has 1 amide bonds. The van der Waals surface area contributed by atoms with Crippen LogP contribution >= 0.6 is 34.5 Å². The van der Waals surface area contributed by atoms with E-state index < -0.39 is 17.6 Å². The van der Waals surface area contributed by atoms with Crippen LogP contribution in [0.4, 0.5) is 18.9 Å². The van der Waals surface area contributed by atoms with Crippen molar-refractivity contribution in [2.24, 2.45) is 27.2 Å². The van der Waals surface area contributed by atoms with Gasteiger partial charge in [-0.05, 0) is 67.4 Å². The lowest BCUT2D eigenvalue weighted by molar-refractivity contribution is -0.137. The number of nitrogens with one attached hydrogen (secondary N) is 1. The SMILES string of the molecule is NC(N)=NCC(C(=Nc1ccc(Cl)cc1Cl)c1ccc(C#Cc2ccc(C(F)(F)F)cc2)s1)=C(N)C(=O)NN1CCCCC1. The topological polar surface area (TPSA) is 135 Å². The minimum Gasteiger partial charge on any atom is -0.394 e. The molecule has 2 aromatic carbocycles. The minimum atomic E-state index is -4.44. The molecule has 230 valence electrons. The summed E-state index contributed by atoms with van der Waals surface area (Å²) in [4.78, 5) is 23.3. The van der Waals surface area contributed by atoms with Crippen LogP contribution in [0.1, 0.15) is 40.1 Å². The van der Waals surface area contributed by atoms with Crippen LogP contribution in [-0.2, 0) is 11.0 Å². The largest absolute Gasteiger partial charge is 0.416 e. The number of nitrogens with zero attached hydrogens (tertiary/aromatic N) is 3. The molecule has 0 saturated carbocycles. The zero-order chi connectivity index (χ0) is 31.9. The average Bonchev–Trinajstić information content (AvgIpc) is 3.45. The Bertz CT molecular complexity index is 1660. The van der Waals surface area contributed by atoms with Gasteiger partial charge in [0.15, 0.2) is 5.96 Å². The molecule has 1 fully saturated rings. The summed E-state index contributed by atoms with van der Waals surface area (Å²) in [6.45, 7) is 1.21. The van der Waals surface area contributed by atoms with E-state index in [1.807, 2.05) is 5.01 Å². The summed E-state index contributed by atoms with van der Waals surface area (Å²) in [5, 5.41) is 2.47. The number of halogens is 5. The Morgan fingerprint density at radius 1 is 0.977 bits per heavy atom. The monoisotopic (exact) mass is 661 g/mol.